The normalized spacial score (nSPS) is 42.7. The third-order valence-electron chi connectivity index (χ3n) is 2.69. The lowest BCUT2D eigenvalue weighted by molar-refractivity contribution is 0.345. The van der Waals surface area contributed by atoms with Crippen LogP contribution < -0.4 is 5.32 Å². The van der Waals surface area contributed by atoms with Gasteiger partial charge in [0.2, 0.25) is 0 Å². The van der Waals surface area contributed by atoms with Gasteiger partial charge in [0, 0.05) is 0 Å². The SMILES string of the molecule is [CH]1CCC2CNCC2C1. The zero-order valence-corrected chi connectivity index (χ0v) is 5.77. The van der Waals surface area contributed by atoms with E-state index in [0.29, 0.717) is 0 Å². The van der Waals surface area contributed by atoms with Crippen LogP contribution in [-0.4, -0.2) is 13.1 Å². The summed E-state index contributed by atoms with van der Waals surface area (Å²) >= 11 is 0. The van der Waals surface area contributed by atoms with E-state index in [1.807, 2.05) is 0 Å². The highest BCUT2D eigenvalue weighted by molar-refractivity contribution is 4.89. The first-order chi connectivity index (χ1) is 4.47. The maximum absolute atomic E-state index is 3.44. The molecule has 1 heteroatoms. The second-order valence-electron chi connectivity index (χ2n) is 3.28. The van der Waals surface area contributed by atoms with Crippen molar-refractivity contribution < 1.29 is 0 Å². The summed E-state index contributed by atoms with van der Waals surface area (Å²) in [4.78, 5) is 0. The summed E-state index contributed by atoms with van der Waals surface area (Å²) in [5.74, 6) is 2.02. The van der Waals surface area contributed by atoms with E-state index >= 15 is 0 Å². The predicted octanol–water partition coefficient (Wildman–Crippen LogP) is 1.21. The Morgan fingerprint density at radius 1 is 1.22 bits per heavy atom. The van der Waals surface area contributed by atoms with Crippen molar-refractivity contribution >= 4 is 0 Å². The number of hydrogen-bond donors (Lipinski definition) is 1. The zero-order chi connectivity index (χ0) is 6.10. The van der Waals surface area contributed by atoms with E-state index in [4.69, 9.17) is 0 Å². The predicted molar refractivity (Wildman–Crippen MR) is 38.0 cm³/mol. The molecule has 1 radical (unpaired) electrons. The van der Waals surface area contributed by atoms with Gasteiger partial charge in [-0.2, -0.15) is 0 Å². The van der Waals surface area contributed by atoms with Gasteiger partial charge in [-0.1, -0.05) is 0 Å². The maximum atomic E-state index is 3.44. The Balaban J connectivity index is 1.97. The Bertz CT molecular complexity index is 88.7. The van der Waals surface area contributed by atoms with Crippen LogP contribution in [0.4, 0.5) is 0 Å². The average molecular weight is 124 g/mol. The highest BCUT2D eigenvalue weighted by Crippen LogP contribution is 2.31. The Morgan fingerprint density at radius 2 is 2.11 bits per heavy atom. The van der Waals surface area contributed by atoms with Crippen molar-refractivity contribution in [3.63, 3.8) is 0 Å². The van der Waals surface area contributed by atoms with Crippen molar-refractivity contribution in [3.8, 4) is 0 Å². The molecule has 1 nitrogen and oxygen atoms in total. The lowest BCUT2D eigenvalue weighted by atomic mass is 9.82. The molecule has 1 saturated heterocycles. The number of fused-ring (bicyclic) bond motifs is 1. The average Bonchev–Trinajstić information content (AvgIpc) is 2.33. The second-order valence-corrected chi connectivity index (χ2v) is 3.28. The first-order valence-electron chi connectivity index (χ1n) is 3.99. The Morgan fingerprint density at radius 3 is 3.00 bits per heavy atom. The van der Waals surface area contributed by atoms with Crippen molar-refractivity contribution in [3.05, 3.63) is 6.42 Å². The fraction of sp³-hybridized carbons (Fsp3) is 0.875. The Hall–Kier alpha value is -0.0400. The molecule has 1 aliphatic carbocycles. The summed E-state index contributed by atoms with van der Waals surface area (Å²) in [5.41, 5.74) is 0. The van der Waals surface area contributed by atoms with E-state index in [0.717, 1.165) is 11.8 Å². The van der Waals surface area contributed by atoms with E-state index < -0.39 is 0 Å². The molecule has 0 aromatic heterocycles. The molecular formula is C8H14N. The molecular weight excluding hydrogens is 110 g/mol. The standard InChI is InChI=1S/C8H14N/c1-2-4-8-6-9-5-7(8)3-1/h1,7-9H,2-6H2. The number of hydrogen-bond acceptors (Lipinski definition) is 1. The van der Waals surface area contributed by atoms with Crippen LogP contribution in [0.5, 0.6) is 0 Å². The minimum absolute atomic E-state index is 0.999. The Kier molecular flexibility index (Phi) is 1.46. The van der Waals surface area contributed by atoms with Crippen LogP contribution in [-0.2, 0) is 0 Å². The van der Waals surface area contributed by atoms with E-state index in [1.165, 1.54) is 32.4 Å². The molecule has 0 amide bonds. The molecule has 9 heavy (non-hydrogen) atoms. The van der Waals surface area contributed by atoms with Gasteiger partial charge in [-0.15, -0.1) is 0 Å². The van der Waals surface area contributed by atoms with Crippen molar-refractivity contribution in [1.82, 2.24) is 5.32 Å². The van der Waals surface area contributed by atoms with E-state index in [1.54, 1.807) is 0 Å². The minimum Gasteiger partial charge on any atom is -0.316 e. The van der Waals surface area contributed by atoms with E-state index in [9.17, 15) is 0 Å². The quantitative estimate of drug-likeness (QED) is 0.512. The van der Waals surface area contributed by atoms with Crippen LogP contribution >= 0.6 is 0 Å². The van der Waals surface area contributed by atoms with Gasteiger partial charge in [0.1, 0.15) is 0 Å². The number of rotatable bonds is 0. The van der Waals surface area contributed by atoms with Crippen molar-refractivity contribution in [2.24, 2.45) is 11.8 Å². The first-order valence-corrected chi connectivity index (χ1v) is 3.99. The molecule has 1 N–H and O–H groups in total. The summed E-state index contributed by atoms with van der Waals surface area (Å²) in [6, 6.07) is 0. The highest BCUT2D eigenvalue weighted by Gasteiger charge is 2.28. The fourth-order valence-corrected chi connectivity index (χ4v) is 2.06. The molecule has 51 valence electrons. The third kappa shape index (κ3) is 0.983. The summed E-state index contributed by atoms with van der Waals surface area (Å²) < 4.78 is 0. The van der Waals surface area contributed by atoms with Crippen LogP contribution in [0.25, 0.3) is 0 Å². The molecule has 2 unspecified atom stereocenters. The largest absolute Gasteiger partial charge is 0.316 e. The van der Waals surface area contributed by atoms with Gasteiger partial charge in [-0.05, 0) is 50.6 Å². The molecule has 1 aliphatic heterocycles. The monoisotopic (exact) mass is 124 g/mol. The topological polar surface area (TPSA) is 12.0 Å². The van der Waals surface area contributed by atoms with Crippen LogP contribution in [0.3, 0.4) is 0 Å². The Labute approximate surface area is 56.8 Å². The highest BCUT2D eigenvalue weighted by atomic mass is 14.9. The molecule has 1 saturated carbocycles. The lowest BCUT2D eigenvalue weighted by Crippen LogP contribution is -2.16. The molecule has 0 aromatic carbocycles. The molecule has 2 fully saturated rings. The van der Waals surface area contributed by atoms with Gasteiger partial charge >= 0.3 is 0 Å². The lowest BCUT2D eigenvalue weighted by Gasteiger charge is -2.22. The number of nitrogens with one attached hydrogen (secondary N) is 1. The van der Waals surface area contributed by atoms with E-state index in [2.05, 4.69) is 11.7 Å². The summed E-state index contributed by atoms with van der Waals surface area (Å²) in [7, 11) is 0. The van der Waals surface area contributed by atoms with Gasteiger partial charge in [0.25, 0.3) is 0 Å². The van der Waals surface area contributed by atoms with Crippen LogP contribution in [0, 0.1) is 18.3 Å². The van der Waals surface area contributed by atoms with Crippen LogP contribution in [0.15, 0.2) is 0 Å². The molecule has 0 spiro atoms. The van der Waals surface area contributed by atoms with Crippen LogP contribution in [0.2, 0.25) is 0 Å². The van der Waals surface area contributed by atoms with Gasteiger partial charge in [0.05, 0.1) is 0 Å². The summed E-state index contributed by atoms with van der Waals surface area (Å²) in [5, 5.41) is 3.44. The van der Waals surface area contributed by atoms with Crippen molar-refractivity contribution in [1.29, 1.82) is 0 Å². The van der Waals surface area contributed by atoms with Crippen molar-refractivity contribution in [2.75, 3.05) is 13.1 Å². The zero-order valence-electron chi connectivity index (χ0n) is 5.77. The summed E-state index contributed by atoms with van der Waals surface area (Å²) in [6.07, 6.45) is 6.63. The molecule has 0 aromatic rings. The van der Waals surface area contributed by atoms with Gasteiger partial charge in [0.15, 0.2) is 0 Å². The third-order valence-corrected chi connectivity index (χ3v) is 2.69. The fourth-order valence-electron chi connectivity index (χ4n) is 2.06. The van der Waals surface area contributed by atoms with E-state index in [-0.39, 0.29) is 0 Å². The van der Waals surface area contributed by atoms with Gasteiger partial charge in [-0.25, -0.2) is 0 Å². The smallest absolute Gasteiger partial charge is 0.00172 e. The molecule has 2 atom stereocenters. The van der Waals surface area contributed by atoms with Crippen LogP contribution in [0.1, 0.15) is 19.3 Å². The van der Waals surface area contributed by atoms with Gasteiger partial charge in [-0.3, -0.25) is 0 Å². The summed E-state index contributed by atoms with van der Waals surface area (Å²) in [6.45, 7) is 2.57. The van der Waals surface area contributed by atoms with Gasteiger partial charge < -0.3 is 5.32 Å². The molecule has 2 aliphatic rings. The second kappa shape index (κ2) is 2.30. The molecule has 0 bridgehead atoms. The molecule has 2 rings (SSSR count). The molecule has 1 heterocycles. The minimum atomic E-state index is 0.999. The first kappa shape index (κ1) is 5.72. The van der Waals surface area contributed by atoms with Crippen molar-refractivity contribution in [2.45, 2.75) is 19.3 Å². The maximum Gasteiger partial charge on any atom is -0.00172 e.